The third-order valence-corrected chi connectivity index (χ3v) is 3.34. The Balaban J connectivity index is 2.00. The second-order valence-corrected chi connectivity index (χ2v) is 4.59. The molecule has 0 amide bonds. The molecule has 1 atom stereocenters. The molecule has 2 rings (SSSR count). The summed E-state index contributed by atoms with van der Waals surface area (Å²) in [6.07, 6.45) is 5.18. The van der Waals surface area contributed by atoms with Crippen molar-refractivity contribution in [2.75, 3.05) is 19.8 Å². The first-order chi connectivity index (χ1) is 7.81. The Hall–Kier alpha value is -0.870. The Bertz CT molecular complexity index is 318. The van der Waals surface area contributed by atoms with Crippen molar-refractivity contribution in [2.45, 2.75) is 38.0 Å². The van der Waals surface area contributed by atoms with Crippen LogP contribution in [-0.4, -0.2) is 29.7 Å². The van der Waals surface area contributed by atoms with Gasteiger partial charge in [-0.2, -0.15) is 0 Å². The van der Waals surface area contributed by atoms with E-state index in [0.29, 0.717) is 18.4 Å². The molecule has 1 saturated heterocycles. The SMILES string of the molecule is CC(CCN)c1ncc(C2CCOCC2)[nH]1. The zero-order valence-electron chi connectivity index (χ0n) is 9.91. The summed E-state index contributed by atoms with van der Waals surface area (Å²) in [5, 5.41) is 0. The van der Waals surface area contributed by atoms with E-state index in [2.05, 4.69) is 16.9 Å². The van der Waals surface area contributed by atoms with Crippen molar-refractivity contribution in [1.82, 2.24) is 9.97 Å². The molecule has 1 unspecified atom stereocenters. The summed E-state index contributed by atoms with van der Waals surface area (Å²) in [6, 6.07) is 0. The fourth-order valence-electron chi connectivity index (χ4n) is 2.20. The lowest BCUT2D eigenvalue weighted by Gasteiger charge is -2.20. The lowest BCUT2D eigenvalue weighted by atomic mass is 9.97. The molecule has 0 radical (unpaired) electrons. The number of aromatic nitrogens is 2. The van der Waals surface area contributed by atoms with Crippen LogP contribution >= 0.6 is 0 Å². The third-order valence-electron chi connectivity index (χ3n) is 3.34. The summed E-state index contributed by atoms with van der Waals surface area (Å²) in [6.45, 7) is 4.63. The molecule has 4 heteroatoms. The fraction of sp³-hybridized carbons (Fsp3) is 0.750. The zero-order chi connectivity index (χ0) is 11.4. The molecule has 0 bridgehead atoms. The number of nitrogens with zero attached hydrogens (tertiary/aromatic N) is 1. The maximum atomic E-state index is 5.56. The van der Waals surface area contributed by atoms with Crippen molar-refractivity contribution in [2.24, 2.45) is 5.73 Å². The standard InChI is InChI=1S/C12H21N3O/c1-9(2-5-13)12-14-8-11(15-12)10-3-6-16-7-4-10/h8-10H,2-7,13H2,1H3,(H,14,15). The van der Waals surface area contributed by atoms with Crippen molar-refractivity contribution >= 4 is 0 Å². The highest BCUT2D eigenvalue weighted by Gasteiger charge is 2.19. The van der Waals surface area contributed by atoms with E-state index < -0.39 is 0 Å². The molecule has 0 saturated carbocycles. The van der Waals surface area contributed by atoms with Crippen LogP contribution in [0.2, 0.25) is 0 Å². The van der Waals surface area contributed by atoms with Crippen molar-refractivity contribution < 1.29 is 4.74 Å². The van der Waals surface area contributed by atoms with Gasteiger partial charge in [0, 0.05) is 36.9 Å². The van der Waals surface area contributed by atoms with Crippen molar-refractivity contribution in [3.05, 3.63) is 17.7 Å². The van der Waals surface area contributed by atoms with Crippen LogP contribution in [0.1, 0.15) is 49.5 Å². The van der Waals surface area contributed by atoms with Gasteiger partial charge in [-0.15, -0.1) is 0 Å². The molecule has 1 aliphatic rings. The smallest absolute Gasteiger partial charge is 0.109 e. The first-order valence-corrected chi connectivity index (χ1v) is 6.14. The van der Waals surface area contributed by atoms with Crippen molar-refractivity contribution in [3.63, 3.8) is 0 Å². The van der Waals surface area contributed by atoms with Gasteiger partial charge in [0.15, 0.2) is 0 Å². The Morgan fingerprint density at radius 2 is 2.31 bits per heavy atom. The number of nitrogens with one attached hydrogen (secondary N) is 1. The minimum atomic E-state index is 0.429. The van der Waals surface area contributed by atoms with Gasteiger partial charge < -0.3 is 15.5 Å². The molecule has 0 spiro atoms. The molecule has 1 aliphatic heterocycles. The van der Waals surface area contributed by atoms with Crippen LogP contribution in [0.5, 0.6) is 0 Å². The molecular formula is C12H21N3O. The van der Waals surface area contributed by atoms with Crippen LogP contribution in [0.25, 0.3) is 0 Å². The van der Waals surface area contributed by atoms with Crippen LogP contribution < -0.4 is 5.73 Å². The Morgan fingerprint density at radius 3 is 3.00 bits per heavy atom. The zero-order valence-corrected chi connectivity index (χ0v) is 9.91. The van der Waals surface area contributed by atoms with E-state index >= 15 is 0 Å². The number of hydrogen-bond acceptors (Lipinski definition) is 3. The van der Waals surface area contributed by atoms with E-state index in [-0.39, 0.29) is 0 Å². The molecule has 16 heavy (non-hydrogen) atoms. The van der Waals surface area contributed by atoms with Crippen LogP contribution in [0, 0.1) is 0 Å². The van der Waals surface area contributed by atoms with E-state index in [4.69, 9.17) is 10.5 Å². The summed E-state index contributed by atoms with van der Waals surface area (Å²) >= 11 is 0. The third kappa shape index (κ3) is 2.62. The molecule has 0 aliphatic carbocycles. The van der Waals surface area contributed by atoms with Crippen LogP contribution in [0.4, 0.5) is 0 Å². The lowest BCUT2D eigenvalue weighted by molar-refractivity contribution is 0.0845. The van der Waals surface area contributed by atoms with Crippen LogP contribution in [-0.2, 0) is 4.74 Å². The monoisotopic (exact) mass is 223 g/mol. The molecule has 0 aromatic carbocycles. The summed E-state index contributed by atoms with van der Waals surface area (Å²) in [5.74, 6) is 2.10. The van der Waals surface area contributed by atoms with Crippen LogP contribution in [0.3, 0.4) is 0 Å². The first kappa shape index (κ1) is 11.6. The van der Waals surface area contributed by atoms with Gasteiger partial charge in [0.05, 0.1) is 0 Å². The Labute approximate surface area is 96.6 Å². The number of imidazole rings is 1. The Kier molecular flexibility index (Phi) is 3.96. The number of aromatic amines is 1. The summed E-state index contributed by atoms with van der Waals surface area (Å²) in [5.41, 5.74) is 6.82. The highest BCUT2D eigenvalue weighted by atomic mass is 16.5. The molecule has 1 aromatic heterocycles. The normalized spacial score (nSPS) is 19.9. The van der Waals surface area contributed by atoms with Gasteiger partial charge in [0.1, 0.15) is 5.82 Å². The van der Waals surface area contributed by atoms with Crippen molar-refractivity contribution in [3.8, 4) is 0 Å². The minimum absolute atomic E-state index is 0.429. The number of H-pyrrole nitrogens is 1. The van der Waals surface area contributed by atoms with Gasteiger partial charge in [-0.1, -0.05) is 6.92 Å². The van der Waals surface area contributed by atoms with E-state index in [1.807, 2.05) is 6.20 Å². The summed E-state index contributed by atoms with van der Waals surface area (Å²) in [7, 11) is 0. The van der Waals surface area contributed by atoms with E-state index in [0.717, 1.165) is 38.3 Å². The summed E-state index contributed by atoms with van der Waals surface area (Å²) in [4.78, 5) is 7.90. The van der Waals surface area contributed by atoms with Gasteiger partial charge >= 0.3 is 0 Å². The van der Waals surface area contributed by atoms with Crippen LogP contribution in [0.15, 0.2) is 6.20 Å². The second-order valence-electron chi connectivity index (χ2n) is 4.59. The van der Waals surface area contributed by atoms with Crippen molar-refractivity contribution in [1.29, 1.82) is 0 Å². The van der Waals surface area contributed by atoms with E-state index in [9.17, 15) is 0 Å². The first-order valence-electron chi connectivity index (χ1n) is 6.14. The predicted octanol–water partition coefficient (Wildman–Crippen LogP) is 1.76. The summed E-state index contributed by atoms with van der Waals surface area (Å²) < 4.78 is 5.36. The predicted molar refractivity (Wildman–Crippen MR) is 63.5 cm³/mol. The highest BCUT2D eigenvalue weighted by molar-refractivity contribution is 5.10. The second kappa shape index (κ2) is 5.46. The topological polar surface area (TPSA) is 63.9 Å². The van der Waals surface area contributed by atoms with E-state index in [1.54, 1.807) is 0 Å². The number of rotatable bonds is 4. The molecule has 90 valence electrons. The molecule has 4 nitrogen and oxygen atoms in total. The molecular weight excluding hydrogens is 202 g/mol. The average Bonchev–Trinajstić information content (AvgIpc) is 2.80. The van der Waals surface area contributed by atoms with Gasteiger partial charge in [-0.3, -0.25) is 0 Å². The highest BCUT2D eigenvalue weighted by Crippen LogP contribution is 2.26. The van der Waals surface area contributed by atoms with Gasteiger partial charge in [0.25, 0.3) is 0 Å². The molecule has 2 heterocycles. The Morgan fingerprint density at radius 1 is 1.56 bits per heavy atom. The number of nitrogens with two attached hydrogens (primary N) is 1. The maximum Gasteiger partial charge on any atom is 0.109 e. The molecule has 1 aromatic rings. The number of ether oxygens (including phenoxy) is 1. The van der Waals surface area contributed by atoms with Gasteiger partial charge in [-0.25, -0.2) is 4.98 Å². The van der Waals surface area contributed by atoms with Gasteiger partial charge in [0.2, 0.25) is 0 Å². The molecule has 3 N–H and O–H groups in total. The van der Waals surface area contributed by atoms with Gasteiger partial charge in [-0.05, 0) is 25.8 Å². The minimum Gasteiger partial charge on any atom is -0.381 e. The quantitative estimate of drug-likeness (QED) is 0.817. The lowest BCUT2D eigenvalue weighted by Crippen LogP contribution is -2.14. The molecule has 1 fully saturated rings. The maximum absolute atomic E-state index is 5.56. The average molecular weight is 223 g/mol. The van der Waals surface area contributed by atoms with E-state index in [1.165, 1.54) is 5.69 Å². The fourth-order valence-corrected chi connectivity index (χ4v) is 2.20. The number of hydrogen-bond donors (Lipinski definition) is 2. The largest absolute Gasteiger partial charge is 0.381 e.